The van der Waals surface area contributed by atoms with E-state index in [1.54, 1.807) is 6.92 Å². The standard InChI is InChI=1S/C14H27N3O2S/c1-5-8-15-9-7-14-12(3)16-17(13(14)4)10-11-20(18,19)6-2/h15H,5-11H2,1-4H3. The van der Waals surface area contributed by atoms with Crippen molar-refractivity contribution in [2.45, 2.75) is 47.1 Å². The molecule has 5 nitrogen and oxygen atoms in total. The number of hydrogen-bond donors (Lipinski definition) is 1. The average Bonchev–Trinajstić information content (AvgIpc) is 2.68. The first-order chi connectivity index (χ1) is 9.41. The molecule has 0 spiro atoms. The van der Waals surface area contributed by atoms with Gasteiger partial charge in [-0.05, 0) is 45.3 Å². The van der Waals surface area contributed by atoms with E-state index in [0.29, 0.717) is 6.54 Å². The van der Waals surface area contributed by atoms with E-state index in [0.717, 1.165) is 37.3 Å². The monoisotopic (exact) mass is 301 g/mol. The van der Waals surface area contributed by atoms with Gasteiger partial charge < -0.3 is 5.32 Å². The van der Waals surface area contributed by atoms with Crippen molar-refractivity contribution in [1.29, 1.82) is 0 Å². The van der Waals surface area contributed by atoms with E-state index in [1.165, 1.54) is 5.56 Å². The summed E-state index contributed by atoms with van der Waals surface area (Å²) in [6.07, 6.45) is 2.07. The molecule has 0 aromatic carbocycles. The summed E-state index contributed by atoms with van der Waals surface area (Å²) in [7, 11) is -2.94. The van der Waals surface area contributed by atoms with Gasteiger partial charge in [0.15, 0.2) is 9.84 Å². The molecule has 20 heavy (non-hydrogen) atoms. The Bertz CT molecular complexity index is 521. The number of aromatic nitrogens is 2. The van der Waals surface area contributed by atoms with Gasteiger partial charge in [-0.1, -0.05) is 13.8 Å². The molecule has 0 saturated carbocycles. The highest BCUT2D eigenvalue weighted by Crippen LogP contribution is 2.13. The first kappa shape index (κ1) is 17.2. The molecule has 1 rings (SSSR count). The van der Waals surface area contributed by atoms with Crippen molar-refractivity contribution in [3.05, 3.63) is 17.0 Å². The molecule has 0 aliphatic rings. The maximum Gasteiger partial charge on any atom is 0.151 e. The first-order valence-electron chi connectivity index (χ1n) is 7.35. The van der Waals surface area contributed by atoms with Crippen LogP contribution in [0.1, 0.15) is 37.2 Å². The SMILES string of the molecule is CCCNCCc1c(C)nn(CCS(=O)(=O)CC)c1C. The van der Waals surface area contributed by atoms with Gasteiger partial charge in [-0.2, -0.15) is 5.10 Å². The smallest absolute Gasteiger partial charge is 0.151 e. The summed E-state index contributed by atoms with van der Waals surface area (Å²) < 4.78 is 25.0. The van der Waals surface area contributed by atoms with Crippen LogP contribution < -0.4 is 5.32 Å². The molecule has 0 bridgehead atoms. The van der Waals surface area contributed by atoms with E-state index in [1.807, 2.05) is 18.5 Å². The Balaban J connectivity index is 2.66. The summed E-state index contributed by atoms with van der Waals surface area (Å²) in [5.41, 5.74) is 3.34. The third-order valence-electron chi connectivity index (χ3n) is 3.56. The van der Waals surface area contributed by atoms with Gasteiger partial charge in [-0.25, -0.2) is 8.42 Å². The second kappa shape index (κ2) is 7.78. The fourth-order valence-corrected chi connectivity index (χ4v) is 2.94. The van der Waals surface area contributed by atoms with Gasteiger partial charge in [-0.3, -0.25) is 4.68 Å². The van der Waals surface area contributed by atoms with Crippen LogP contribution in [-0.2, 0) is 22.8 Å². The van der Waals surface area contributed by atoms with Crippen LogP contribution in [0.4, 0.5) is 0 Å². The summed E-state index contributed by atoms with van der Waals surface area (Å²) in [5, 5.41) is 7.85. The van der Waals surface area contributed by atoms with Crippen LogP contribution in [-0.4, -0.2) is 42.8 Å². The minimum absolute atomic E-state index is 0.166. The highest BCUT2D eigenvalue weighted by atomic mass is 32.2. The first-order valence-corrected chi connectivity index (χ1v) is 9.17. The molecule has 1 heterocycles. The molecule has 0 atom stereocenters. The Labute approximate surface area is 122 Å². The molecule has 0 amide bonds. The number of nitrogens with one attached hydrogen (secondary N) is 1. The molecule has 0 saturated heterocycles. The lowest BCUT2D eigenvalue weighted by molar-refractivity contribution is 0.577. The van der Waals surface area contributed by atoms with E-state index in [4.69, 9.17) is 0 Å². The number of nitrogens with zero attached hydrogens (tertiary/aromatic N) is 2. The molecule has 0 unspecified atom stereocenters. The maximum absolute atomic E-state index is 11.6. The molecule has 1 aromatic heterocycles. The number of aryl methyl sites for hydroxylation is 2. The van der Waals surface area contributed by atoms with E-state index in [9.17, 15) is 8.42 Å². The minimum Gasteiger partial charge on any atom is -0.316 e. The quantitative estimate of drug-likeness (QED) is 0.702. The van der Waals surface area contributed by atoms with Gasteiger partial charge in [0.2, 0.25) is 0 Å². The van der Waals surface area contributed by atoms with Gasteiger partial charge in [0, 0.05) is 11.4 Å². The van der Waals surface area contributed by atoms with E-state index < -0.39 is 9.84 Å². The van der Waals surface area contributed by atoms with Crippen molar-refractivity contribution in [3.8, 4) is 0 Å². The van der Waals surface area contributed by atoms with Crippen LogP contribution in [0.15, 0.2) is 0 Å². The molecule has 1 N–H and O–H groups in total. The zero-order valence-electron chi connectivity index (χ0n) is 13.1. The Morgan fingerprint density at radius 2 is 1.90 bits per heavy atom. The molecule has 0 radical (unpaired) electrons. The van der Waals surface area contributed by atoms with Crippen LogP contribution in [0.5, 0.6) is 0 Å². The topological polar surface area (TPSA) is 64.0 Å². The summed E-state index contributed by atoms with van der Waals surface area (Å²) in [4.78, 5) is 0. The number of sulfone groups is 1. The van der Waals surface area contributed by atoms with Crippen LogP contribution in [0, 0.1) is 13.8 Å². The molecule has 0 aliphatic heterocycles. The van der Waals surface area contributed by atoms with Crippen LogP contribution in [0.25, 0.3) is 0 Å². The Morgan fingerprint density at radius 1 is 1.20 bits per heavy atom. The molecule has 0 aliphatic carbocycles. The Hall–Kier alpha value is -0.880. The third-order valence-corrected chi connectivity index (χ3v) is 5.25. The highest BCUT2D eigenvalue weighted by molar-refractivity contribution is 7.91. The van der Waals surface area contributed by atoms with Crippen molar-refractivity contribution in [2.75, 3.05) is 24.6 Å². The Morgan fingerprint density at radius 3 is 2.50 bits per heavy atom. The zero-order chi connectivity index (χ0) is 15.2. The van der Waals surface area contributed by atoms with Gasteiger partial charge in [0.1, 0.15) is 0 Å². The Kier molecular flexibility index (Phi) is 6.68. The van der Waals surface area contributed by atoms with E-state index >= 15 is 0 Å². The fraction of sp³-hybridized carbons (Fsp3) is 0.786. The normalized spacial score (nSPS) is 12.0. The number of rotatable bonds is 9. The maximum atomic E-state index is 11.6. The molecular weight excluding hydrogens is 274 g/mol. The summed E-state index contributed by atoms with van der Waals surface area (Å²) >= 11 is 0. The van der Waals surface area contributed by atoms with E-state index in [-0.39, 0.29) is 11.5 Å². The van der Waals surface area contributed by atoms with Crippen molar-refractivity contribution in [2.24, 2.45) is 0 Å². The third kappa shape index (κ3) is 4.90. The molecule has 116 valence electrons. The molecule has 1 aromatic rings. The second-order valence-corrected chi connectivity index (χ2v) is 7.58. The molecule has 0 fully saturated rings. The lowest BCUT2D eigenvalue weighted by Crippen LogP contribution is -2.18. The van der Waals surface area contributed by atoms with Crippen molar-refractivity contribution < 1.29 is 8.42 Å². The van der Waals surface area contributed by atoms with Gasteiger partial charge >= 0.3 is 0 Å². The predicted octanol–water partition coefficient (Wildman–Crippen LogP) is 1.48. The zero-order valence-corrected chi connectivity index (χ0v) is 13.9. The van der Waals surface area contributed by atoms with Crippen LogP contribution in [0.3, 0.4) is 0 Å². The van der Waals surface area contributed by atoms with Gasteiger partial charge in [0.25, 0.3) is 0 Å². The minimum atomic E-state index is -2.94. The van der Waals surface area contributed by atoms with Gasteiger partial charge in [-0.15, -0.1) is 0 Å². The molecular formula is C14H27N3O2S. The van der Waals surface area contributed by atoms with Crippen LogP contribution in [0.2, 0.25) is 0 Å². The second-order valence-electron chi connectivity index (χ2n) is 5.11. The van der Waals surface area contributed by atoms with Crippen molar-refractivity contribution in [1.82, 2.24) is 15.1 Å². The largest absolute Gasteiger partial charge is 0.316 e. The number of hydrogen-bond acceptors (Lipinski definition) is 4. The highest BCUT2D eigenvalue weighted by Gasteiger charge is 2.13. The van der Waals surface area contributed by atoms with Crippen molar-refractivity contribution >= 4 is 9.84 Å². The lowest BCUT2D eigenvalue weighted by atomic mass is 10.1. The van der Waals surface area contributed by atoms with E-state index in [2.05, 4.69) is 17.3 Å². The summed E-state index contributed by atoms with van der Waals surface area (Å²) in [6, 6.07) is 0. The van der Waals surface area contributed by atoms with Gasteiger partial charge in [0.05, 0.1) is 18.0 Å². The average molecular weight is 301 g/mol. The van der Waals surface area contributed by atoms with Crippen LogP contribution >= 0.6 is 0 Å². The van der Waals surface area contributed by atoms with Crippen molar-refractivity contribution in [3.63, 3.8) is 0 Å². The lowest BCUT2D eigenvalue weighted by Gasteiger charge is -2.06. The summed E-state index contributed by atoms with van der Waals surface area (Å²) in [6.45, 7) is 10.3. The predicted molar refractivity (Wildman–Crippen MR) is 82.9 cm³/mol. The fourth-order valence-electron chi connectivity index (χ4n) is 2.20. The molecule has 6 heteroatoms. The summed E-state index contributed by atoms with van der Waals surface area (Å²) in [5.74, 6) is 0.360.